The lowest BCUT2D eigenvalue weighted by molar-refractivity contribution is 0.0751. The minimum absolute atomic E-state index is 0.105. The third-order valence-electron chi connectivity index (χ3n) is 4.96. The number of amides is 2. The van der Waals surface area contributed by atoms with Crippen molar-refractivity contribution in [1.82, 2.24) is 4.90 Å². The number of anilines is 2. The summed E-state index contributed by atoms with van der Waals surface area (Å²) in [7, 11) is 0. The third-order valence-corrected chi connectivity index (χ3v) is 6.64. The summed E-state index contributed by atoms with van der Waals surface area (Å²) < 4.78 is 0.795. The fourth-order valence-electron chi connectivity index (χ4n) is 3.35. The first-order valence-electron chi connectivity index (χ1n) is 9.45. The van der Waals surface area contributed by atoms with Gasteiger partial charge in [-0.2, -0.15) is 0 Å². The zero-order valence-corrected chi connectivity index (χ0v) is 19.1. The second-order valence-electron chi connectivity index (χ2n) is 6.88. The van der Waals surface area contributed by atoms with Gasteiger partial charge in [0.2, 0.25) is 0 Å². The summed E-state index contributed by atoms with van der Waals surface area (Å²) in [6.07, 6.45) is 0. The second kappa shape index (κ2) is 9.20. The number of hydrogen-bond acceptors (Lipinski definition) is 4. The molecule has 1 aromatic heterocycles. The van der Waals surface area contributed by atoms with Gasteiger partial charge in [-0.05, 0) is 53.9 Å². The topological polar surface area (TPSA) is 52.7 Å². The predicted molar refractivity (Wildman–Crippen MR) is 126 cm³/mol. The molecule has 154 valence electrons. The first-order valence-corrected chi connectivity index (χ1v) is 11.5. The molecular formula is C22H19BrClN3O2S. The number of halogens is 2. The van der Waals surface area contributed by atoms with Crippen LogP contribution in [0, 0.1) is 0 Å². The van der Waals surface area contributed by atoms with E-state index in [1.807, 2.05) is 46.7 Å². The molecule has 1 aliphatic heterocycles. The lowest BCUT2D eigenvalue weighted by atomic mass is 10.2. The van der Waals surface area contributed by atoms with Gasteiger partial charge in [-0.15, -0.1) is 11.3 Å². The van der Waals surface area contributed by atoms with E-state index < -0.39 is 0 Å². The molecule has 0 bridgehead atoms. The van der Waals surface area contributed by atoms with Crippen LogP contribution in [-0.2, 0) is 0 Å². The van der Waals surface area contributed by atoms with Gasteiger partial charge in [0.25, 0.3) is 11.8 Å². The van der Waals surface area contributed by atoms with Crippen molar-refractivity contribution in [3.63, 3.8) is 0 Å². The van der Waals surface area contributed by atoms with Gasteiger partial charge in [0.05, 0.1) is 15.5 Å². The number of benzene rings is 2. The van der Waals surface area contributed by atoms with Crippen LogP contribution in [0.5, 0.6) is 0 Å². The molecule has 1 N–H and O–H groups in total. The van der Waals surface area contributed by atoms with Crippen LogP contribution in [0.15, 0.2) is 64.5 Å². The minimum atomic E-state index is -0.255. The second-order valence-corrected chi connectivity index (χ2v) is 9.15. The quantitative estimate of drug-likeness (QED) is 0.519. The van der Waals surface area contributed by atoms with E-state index in [-0.39, 0.29) is 11.8 Å². The van der Waals surface area contributed by atoms with Gasteiger partial charge in [0.1, 0.15) is 0 Å². The summed E-state index contributed by atoms with van der Waals surface area (Å²) in [4.78, 5) is 29.9. The van der Waals surface area contributed by atoms with E-state index in [4.69, 9.17) is 11.6 Å². The molecule has 1 aliphatic rings. The number of rotatable bonds is 4. The molecule has 1 saturated heterocycles. The van der Waals surface area contributed by atoms with Crippen LogP contribution in [-0.4, -0.2) is 42.9 Å². The van der Waals surface area contributed by atoms with E-state index in [1.54, 1.807) is 18.2 Å². The monoisotopic (exact) mass is 503 g/mol. The molecule has 4 rings (SSSR count). The fraction of sp³-hybridized carbons (Fsp3) is 0.182. The van der Waals surface area contributed by atoms with E-state index in [2.05, 4.69) is 26.1 Å². The van der Waals surface area contributed by atoms with E-state index in [9.17, 15) is 9.59 Å². The first kappa shape index (κ1) is 20.9. The van der Waals surface area contributed by atoms with Gasteiger partial charge in [-0.3, -0.25) is 9.59 Å². The molecule has 8 heteroatoms. The number of piperazine rings is 1. The number of thiophene rings is 1. The Morgan fingerprint density at radius 1 is 1.00 bits per heavy atom. The van der Waals surface area contributed by atoms with Crippen LogP contribution in [0.2, 0.25) is 5.02 Å². The van der Waals surface area contributed by atoms with E-state index in [0.717, 1.165) is 28.1 Å². The molecule has 0 radical (unpaired) electrons. The van der Waals surface area contributed by atoms with Gasteiger partial charge in [-0.25, -0.2) is 0 Å². The highest BCUT2D eigenvalue weighted by Crippen LogP contribution is 2.24. The Kier molecular flexibility index (Phi) is 6.41. The zero-order chi connectivity index (χ0) is 21.1. The lowest BCUT2D eigenvalue weighted by Crippen LogP contribution is -2.48. The van der Waals surface area contributed by atoms with Crippen molar-refractivity contribution in [1.29, 1.82) is 0 Å². The lowest BCUT2D eigenvalue weighted by Gasteiger charge is -2.36. The van der Waals surface area contributed by atoms with E-state index in [0.29, 0.717) is 29.4 Å². The maximum atomic E-state index is 12.5. The SMILES string of the molecule is O=C(Nc1ccc(N2CCN(C(=O)c3cccs3)CC2)cc1)c1cc(Br)ccc1Cl. The maximum absolute atomic E-state index is 12.5. The summed E-state index contributed by atoms with van der Waals surface area (Å²) in [5, 5.41) is 5.21. The molecule has 2 amide bonds. The van der Waals surface area contributed by atoms with Crippen LogP contribution in [0.4, 0.5) is 11.4 Å². The number of nitrogens with zero attached hydrogens (tertiary/aromatic N) is 2. The Labute approximate surface area is 192 Å². The van der Waals surface area contributed by atoms with Crippen molar-refractivity contribution >= 4 is 62.1 Å². The van der Waals surface area contributed by atoms with Crippen molar-refractivity contribution in [3.8, 4) is 0 Å². The Hall–Kier alpha value is -2.35. The number of hydrogen-bond donors (Lipinski definition) is 1. The molecule has 5 nitrogen and oxygen atoms in total. The van der Waals surface area contributed by atoms with Crippen LogP contribution < -0.4 is 10.2 Å². The average Bonchev–Trinajstić information content (AvgIpc) is 3.30. The summed E-state index contributed by atoms with van der Waals surface area (Å²) >= 11 is 11.0. The van der Waals surface area contributed by atoms with Gasteiger partial charge in [-0.1, -0.05) is 33.6 Å². The van der Waals surface area contributed by atoms with Crippen molar-refractivity contribution in [2.24, 2.45) is 0 Å². The van der Waals surface area contributed by atoms with Gasteiger partial charge < -0.3 is 15.1 Å². The van der Waals surface area contributed by atoms with E-state index in [1.165, 1.54) is 11.3 Å². The highest BCUT2D eigenvalue weighted by molar-refractivity contribution is 9.10. The van der Waals surface area contributed by atoms with Crippen LogP contribution in [0.1, 0.15) is 20.0 Å². The third kappa shape index (κ3) is 4.69. The highest BCUT2D eigenvalue weighted by atomic mass is 79.9. The van der Waals surface area contributed by atoms with Crippen LogP contribution >= 0.6 is 38.9 Å². The molecular weight excluding hydrogens is 486 g/mol. The van der Waals surface area contributed by atoms with Crippen molar-refractivity contribution < 1.29 is 9.59 Å². The minimum Gasteiger partial charge on any atom is -0.368 e. The number of nitrogens with one attached hydrogen (secondary N) is 1. The molecule has 0 aliphatic carbocycles. The normalized spacial score (nSPS) is 13.9. The Morgan fingerprint density at radius 2 is 1.73 bits per heavy atom. The first-order chi connectivity index (χ1) is 14.5. The van der Waals surface area contributed by atoms with Crippen LogP contribution in [0.3, 0.4) is 0 Å². The molecule has 3 aromatic rings. The molecule has 1 fully saturated rings. The smallest absolute Gasteiger partial charge is 0.264 e. The zero-order valence-electron chi connectivity index (χ0n) is 16.0. The van der Waals surface area contributed by atoms with Crippen LogP contribution in [0.25, 0.3) is 0 Å². The van der Waals surface area contributed by atoms with E-state index >= 15 is 0 Å². The molecule has 0 unspecified atom stereocenters. The number of carbonyl (C=O) groups excluding carboxylic acids is 2. The molecule has 0 spiro atoms. The highest BCUT2D eigenvalue weighted by Gasteiger charge is 2.23. The predicted octanol–water partition coefficient (Wildman–Crippen LogP) is 5.38. The largest absolute Gasteiger partial charge is 0.368 e. The van der Waals surface area contributed by atoms with Gasteiger partial charge >= 0.3 is 0 Å². The van der Waals surface area contributed by atoms with Crippen molar-refractivity contribution in [2.75, 3.05) is 36.4 Å². The molecule has 30 heavy (non-hydrogen) atoms. The summed E-state index contributed by atoms with van der Waals surface area (Å²) in [5.74, 6) is -0.149. The summed E-state index contributed by atoms with van der Waals surface area (Å²) in [6.45, 7) is 2.93. The van der Waals surface area contributed by atoms with Gasteiger partial charge in [0.15, 0.2) is 0 Å². The molecule has 2 heterocycles. The van der Waals surface area contributed by atoms with Crippen molar-refractivity contribution in [2.45, 2.75) is 0 Å². The Bertz CT molecular complexity index is 1050. The molecule has 2 aromatic carbocycles. The Balaban J connectivity index is 1.35. The van der Waals surface area contributed by atoms with Crippen molar-refractivity contribution in [3.05, 3.63) is 79.9 Å². The average molecular weight is 505 g/mol. The standard InChI is InChI=1S/C22H19BrClN3O2S/c23-15-3-8-19(24)18(14-15)21(28)25-16-4-6-17(7-5-16)26-9-11-27(12-10-26)22(29)20-2-1-13-30-20/h1-8,13-14H,9-12H2,(H,25,28). The fourth-order valence-corrected chi connectivity index (χ4v) is 4.60. The van der Waals surface area contributed by atoms with Gasteiger partial charge in [0, 0.05) is 42.0 Å². The molecule has 0 atom stereocenters. The maximum Gasteiger partial charge on any atom is 0.264 e. The summed E-state index contributed by atoms with van der Waals surface area (Å²) in [5.41, 5.74) is 2.18. The molecule has 0 saturated carbocycles. The number of carbonyl (C=O) groups is 2. The Morgan fingerprint density at radius 3 is 2.40 bits per heavy atom. The summed E-state index contributed by atoms with van der Waals surface area (Å²) in [6, 6.07) is 16.7.